The van der Waals surface area contributed by atoms with E-state index in [9.17, 15) is 12.8 Å². The number of anilines is 1. The highest BCUT2D eigenvalue weighted by molar-refractivity contribution is 7.90. The lowest BCUT2D eigenvalue weighted by Gasteiger charge is -2.47. The van der Waals surface area contributed by atoms with Crippen molar-refractivity contribution in [3.63, 3.8) is 0 Å². The molecule has 1 spiro atoms. The van der Waals surface area contributed by atoms with Crippen molar-refractivity contribution < 1.29 is 12.8 Å². The lowest BCUT2D eigenvalue weighted by molar-refractivity contribution is 0.100. The minimum absolute atomic E-state index is 0.170. The molecular weight excluding hydrogens is 461 g/mol. The monoisotopic (exact) mass is 493 g/mol. The largest absolute Gasteiger partial charge is 0.304 e. The zero-order chi connectivity index (χ0) is 24.8. The number of piperidine rings is 1. The van der Waals surface area contributed by atoms with Gasteiger partial charge in [0.2, 0.25) is 0 Å². The van der Waals surface area contributed by atoms with Gasteiger partial charge in [0.15, 0.2) is 0 Å². The quantitative estimate of drug-likeness (QED) is 0.501. The van der Waals surface area contributed by atoms with Crippen LogP contribution in [-0.4, -0.2) is 49.3 Å². The predicted octanol–water partition coefficient (Wildman–Crippen LogP) is 5.22. The minimum atomic E-state index is -3.70. The number of likely N-dealkylation sites (N-methyl/N-ethyl adjacent to an activating group) is 1. The number of benzene rings is 3. The first-order valence-electron chi connectivity index (χ1n) is 12.1. The lowest BCUT2D eigenvalue weighted by Crippen LogP contribution is -2.57. The highest BCUT2D eigenvalue weighted by Gasteiger charge is 2.55. The van der Waals surface area contributed by atoms with Crippen LogP contribution in [0.15, 0.2) is 72.8 Å². The van der Waals surface area contributed by atoms with Gasteiger partial charge in [-0.25, -0.2) is 4.39 Å². The van der Waals surface area contributed by atoms with Crippen LogP contribution in [-0.2, 0) is 16.8 Å². The molecule has 0 aromatic heterocycles. The Morgan fingerprint density at radius 1 is 1.03 bits per heavy atom. The van der Waals surface area contributed by atoms with E-state index in [4.69, 9.17) is 0 Å². The molecule has 2 heterocycles. The summed E-state index contributed by atoms with van der Waals surface area (Å²) in [6.07, 6.45) is 1.37. The summed E-state index contributed by atoms with van der Waals surface area (Å²) < 4.78 is 43.5. The lowest BCUT2D eigenvalue weighted by atomic mass is 9.82. The van der Waals surface area contributed by atoms with Crippen molar-refractivity contribution in [2.45, 2.75) is 44.8 Å². The molecule has 2 aliphatic heterocycles. The van der Waals surface area contributed by atoms with Crippen LogP contribution < -0.4 is 4.31 Å². The standard InChI is InChI=1S/C28H32FN3O2S/c1-21-8-4-5-13-27(21)24-10-6-9-23(16-24)19-31-15-14-28(18-22(31)2)20-30(3)35(33,34)32(28)26-12-7-11-25(29)17-26/h4-13,16-17,22H,14-15,18-20H2,1-3H3. The van der Waals surface area contributed by atoms with Gasteiger partial charge in [0.1, 0.15) is 5.82 Å². The van der Waals surface area contributed by atoms with Crippen molar-refractivity contribution in [2.24, 2.45) is 0 Å². The van der Waals surface area contributed by atoms with Gasteiger partial charge in [0.25, 0.3) is 0 Å². The fraction of sp³-hybridized carbons (Fsp3) is 0.357. The molecule has 2 atom stereocenters. The maximum Gasteiger partial charge on any atom is 0.304 e. The van der Waals surface area contributed by atoms with E-state index < -0.39 is 21.6 Å². The minimum Gasteiger partial charge on any atom is -0.296 e. The Bertz CT molecular complexity index is 1350. The number of aryl methyl sites for hydroxylation is 1. The van der Waals surface area contributed by atoms with Crippen LogP contribution in [0.3, 0.4) is 0 Å². The molecule has 3 aromatic carbocycles. The Labute approximate surface area is 208 Å². The number of halogens is 1. The smallest absolute Gasteiger partial charge is 0.296 e. The zero-order valence-corrected chi connectivity index (χ0v) is 21.3. The van der Waals surface area contributed by atoms with Gasteiger partial charge < -0.3 is 0 Å². The van der Waals surface area contributed by atoms with Gasteiger partial charge in [-0.3, -0.25) is 9.21 Å². The molecule has 5 nitrogen and oxygen atoms in total. The van der Waals surface area contributed by atoms with E-state index in [1.54, 1.807) is 19.2 Å². The van der Waals surface area contributed by atoms with Crippen molar-refractivity contribution in [1.82, 2.24) is 9.21 Å². The molecule has 2 aliphatic rings. The zero-order valence-electron chi connectivity index (χ0n) is 20.5. The summed E-state index contributed by atoms with van der Waals surface area (Å²) in [5, 5.41) is 0. The molecule has 3 aromatic rings. The van der Waals surface area contributed by atoms with Crippen molar-refractivity contribution in [2.75, 3.05) is 24.4 Å². The Hall–Kier alpha value is -2.74. The van der Waals surface area contributed by atoms with Gasteiger partial charge in [0.05, 0.1) is 11.2 Å². The van der Waals surface area contributed by atoms with E-state index in [1.807, 2.05) is 0 Å². The van der Waals surface area contributed by atoms with E-state index in [1.165, 1.54) is 43.0 Å². The molecule has 0 amide bonds. The summed E-state index contributed by atoms with van der Waals surface area (Å²) in [6, 6.07) is 23.2. The van der Waals surface area contributed by atoms with Crippen LogP contribution in [0.1, 0.15) is 30.9 Å². The second-order valence-corrected chi connectivity index (χ2v) is 11.9. The van der Waals surface area contributed by atoms with Gasteiger partial charge in [-0.05, 0) is 73.2 Å². The van der Waals surface area contributed by atoms with Gasteiger partial charge in [0, 0.05) is 32.7 Å². The third-order valence-corrected chi connectivity index (χ3v) is 9.52. The van der Waals surface area contributed by atoms with Crippen LogP contribution in [0.2, 0.25) is 0 Å². The van der Waals surface area contributed by atoms with E-state index in [0.717, 1.165) is 13.1 Å². The van der Waals surface area contributed by atoms with Gasteiger partial charge in [-0.15, -0.1) is 0 Å². The van der Waals surface area contributed by atoms with Gasteiger partial charge in [-0.2, -0.15) is 12.7 Å². The molecule has 0 bridgehead atoms. The summed E-state index contributed by atoms with van der Waals surface area (Å²) in [5.41, 5.74) is 4.77. The van der Waals surface area contributed by atoms with Crippen molar-refractivity contribution in [3.8, 4) is 11.1 Å². The normalized spacial score (nSPS) is 24.8. The summed E-state index contributed by atoms with van der Waals surface area (Å²) in [5.74, 6) is -0.429. The summed E-state index contributed by atoms with van der Waals surface area (Å²) in [4.78, 5) is 2.43. The molecule has 2 fully saturated rings. The maximum absolute atomic E-state index is 14.0. The van der Waals surface area contributed by atoms with E-state index in [-0.39, 0.29) is 6.04 Å². The van der Waals surface area contributed by atoms with Gasteiger partial charge in [-0.1, -0.05) is 48.5 Å². The van der Waals surface area contributed by atoms with Crippen LogP contribution >= 0.6 is 0 Å². The highest BCUT2D eigenvalue weighted by atomic mass is 32.2. The molecule has 35 heavy (non-hydrogen) atoms. The van der Waals surface area contributed by atoms with E-state index in [2.05, 4.69) is 67.3 Å². The topological polar surface area (TPSA) is 43.9 Å². The van der Waals surface area contributed by atoms with Crippen LogP contribution in [0.5, 0.6) is 0 Å². The van der Waals surface area contributed by atoms with Crippen molar-refractivity contribution >= 4 is 15.9 Å². The van der Waals surface area contributed by atoms with E-state index >= 15 is 0 Å². The maximum atomic E-state index is 14.0. The third kappa shape index (κ3) is 4.37. The Kier molecular flexibility index (Phi) is 6.20. The summed E-state index contributed by atoms with van der Waals surface area (Å²) in [7, 11) is -2.09. The first kappa shape index (κ1) is 24.0. The van der Waals surface area contributed by atoms with Crippen LogP contribution in [0, 0.1) is 12.7 Å². The second kappa shape index (κ2) is 9.04. The predicted molar refractivity (Wildman–Crippen MR) is 139 cm³/mol. The molecule has 0 saturated carbocycles. The average molecular weight is 494 g/mol. The van der Waals surface area contributed by atoms with Crippen molar-refractivity contribution in [3.05, 3.63) is 89.7 Å². The SMILES string of the molecule is Cc1ccccc1-c1cccc(CN2CCC3(CC2C)CN(C)S(=O)(=O)N3c2cccc(F)c2)c1. The Morgan fingerprint density at radius 3 is 2.54 bits per heavy atom. The first-order chi connectivity index (χ1) is 16.7. The summed E-state index contributed by atoms with van der Waals surface area (Å²) >= 11 is 0. The number of likely N-dealkylation sites (tertiary alicyclic amines) is 1. The average Bonchev–Trinajstić information content (AvgIpc) is 3.00. The van der Waals surface area contributed by atoms with Crippen LogP contribution in [0.4, 0.5) is 10.1 Å². The number of hydrogen-bond donors (Lipinski definition) is 0. The number of nitrogens with zero attached hydrogens (tertiary/aromatic N) is 3. The Morgan fingerprint density at radius 2 is 1.80 bits per heavy atom. The van der Waals surface area contributed by atoms with Gasteiger partial charge >= 0.3 is 10.2 Å². The molecule has 0 aliphatic carbocycles. The number of hydrogen-bond acceptors (Lipinski definition) is 3. The molecule has 5 rings (SSSR count). The highest BCUT2D eigenvalue weighted by Crippen LogP contribution is 2.44. The fourth-order valence-electron chi connectivity index (χ4n) is 5.84. The summed E-state index contributed by atoms with van der Waals surface area (Å²) in [6.45, 7) is 6.28. The third-order valence-electron chi connectivity index (χ3n) is 7.55. The number of rotatable bonds is 4. The molecule has 0 N–H and O–H groups in total. The molecule has 2 unspecified atom stereocenters. The second-order valence-electron chi connectivity index (χ2n) is 10.0. The Balaban J connectivity index is 1.38. The molecular formula is C28H32FN3O2S. The first-order valence-corrected chi connectivity index (χ1v) is 13.5. The molecule has 2 saturated heterocycles. The van der Waals surface area contributed by atoms with E-state index in [0.29, 0.717) is 25.1 Å². The molecule has 0 radical (unpaired) electrons. The van der Waals surface area contributed by atoms with Crippen molar-refractivity contribution in [1.29, 1.82) is 0 Å². The molecule has 184 valence electrons. The molecule has 7 heteroatoms. The van der Waals surface area contributed by atoms with Crippen LogP contribution in [0.25, 0.3) is 11.1 Å². The fourth-order valence-corrected chi connectivity index (χ4v) is 7.61.